The molecule has 2 aliphatic heterocycles. The maximum absolute atomic E-state index is 13.9. The molecule has 542 valence electrons. The van der Waals surface area contributed by atoms with Crippen LogP contribution in [-0.2, 0) is 71.6 Å². The Morgan fingerprint density at radius 1 is 0.612 bits per heavy atom. The number of imidazole rings is 2. The Morgan fingerprint density at radius 2 is 1.11 bits per heavy atom. The second-order valence-electron chi connectivity index (χ2n) is 25.6. The van der Waals surface area contributed by atoms with Gasteiger partial charge in [0.05, 0.1) is 58.5 Å². The molecular weight excluding hydrogens is 1340 g/mol. The second-order valence-corrected chi connectivity index (χ2v) is 27.0. The number of anilines is 3. The Morgan fingerprint density at radius 3 is 1.61 bits per heavy atom. The average Bonchev–Trinajstić information content (AvgIpc) is 1.73. The van der Waals surface area contributed by atoms with Crippen molar-refractivity contribution in [1.29, 1.82) is 0 Å². The van der Waals surface area contributed by atoms with Gasteiger partial charge in [-0.2, -0.15) is 8.42 Å². The molecule has 103 heavy (non-hydrogen) atoms. The van der Waals surface area contributed by atoms with Gasteiger partial charge in [-0.15, -0.1) is 0 Å². The molecule has 0 saturated carbocycles. The number of aliphatic carboxylic acids is 2. The highest BCUT2D eigenvalue weighted by Gasteiger charge is 2.34. The summed E-state index contributed by atoms with van der Waals surface area (Å²) in [4.78, 5) is 146. The van der Waals surface area contributed by atoms with E-state index in [2.05, 4.69) is 62.4 Å². The van der Waals surface area contributed by atoms with Gasteiger partial charge in [0.15, 0.2) is 0 Å². The molecule has 30 nitrogen and oxygen atoms in total. The molecule has 5 aromatic carbocycles. The van der Waals surface area contributed by atoms with Crippen LogP contribution in [0.4, 0.5) is 17.2 Å². The quantitative estimate of drug-likeness (QED) is 0.0113. The zero-order valence-corrected chi connectivity index (χ0v) is 57.9. The van der Waals surface area contributed by atoms with Gasteiger partial charge in [-0.05, 0) is 128 Å². The number of H-pyrrole nitrogens is 2. The summed E-state index contributed by atoms with van der Waals surface area (Å²) in [6.45, 7) is 1.75. The molecule has 5 heterocycles. The molecule has 0 saturated heterocycles. The Kier molecular flexibility index (Phi) is 25.2. The van der Waals surface area contributed by atoms with Crippen LogP contribution in [-0.4, -0.2) is 179 Å². The number of pyridine rings is 1. The number of benzene rings is 5. The van der Waals surface area contributed by atoms with E-state index in [9.17, 15) is 66.3 Å². The van der Waals surface area contributed by atoms with Crippen molar-refractivity contribution in [1.82, 2.24) is 65.9 Å². The first-order valence-corrected chi connectivity index (χ1v) is 35.5. The van der Waals surface area contributed by atoms with Gasteiger partial charge in [0.1, 0.15) is 35.6 Å². The molecule has 3 atom stereocenters. The van der Waals surface area contributed by atoms with Crippen LogP contribution in [0.15, 0.2) is 132 Å². The lowest BCUT2D eigenvalue weighted by Crippen LogP contribution is -2.47. The largest absolute Gasteiger partial charge is 0.481 e. The topological polar surface area (TPSA) is 416 Å². The molecule has 0 bridgehead atoms. The molecule has 0 fully saturated rings. The third-order valence-corrected chi connectivity index (χ3v) is 18.7. The number of amides is 7. The number of aromatic amines is 2. The van der Waals surface area contributed by atoms with Crippen LogP contribution in [0.25, 0.3) is 22.1 Å². The predicted octanol–water partition coefficient (Wildman–Crippen LogP) is 6.57. The van der Waals surface area contributed by atoms with Gasteiger partial charge in [0.25, 0.3) is 27.8 Å². The smallest absolute Gasteiger partial charge is 0.305 e. The van der Waals surface area contributed by atoms with Gasteiger partial charge in [0.2, 0.25) is 23.6 Å². The molecule has 12 N–H and O–H groups in total. The molecule has 2 aliphatic rings. The number of nitrogens with one attached hydrogen (secondary N) is 9. The van der Waals surface area contributed by atoms with Crippen molar-refractivity contribution in [3.05, 3.63) is 173 Å². The number of nitrogens with zero attached hydrogens (tertiary/aromatic N) is 7. The van der Waals surface area contributed by atoms with Gasteiger partial charge >= 0.3 is 11.9 Å². The van der Waals surface area contributed by atoms with Gasteiger partial charge in [-0.1, -0.05) is 68.1 Å². The fraction of sp³-hybridized carbons (Fsp3) is 0.361. The Bertz CT molecular complexity index is 4460. The number of aromatic nitrogens is 5. The fourth-order valence-corrected chi connectivity index (χ4v) is 13.2. The number of hydrazine groups is 1. The highest BCUT2D eigenvalue weighted by atomic mass is 32.2. The SMILES string of the molecule is CN(Cc1nc2ccccc2[nH]1)C(=O)c1ccc2c(c1)CN(CCCCCCNC(=O)[C@H](CCC(=O)NCCCCCCN1Cc3cc(C(=O)N(C)Cc4nc5ccccc5[nH]4)ccc3N[C@H](CC(=O)O)C1=O)NC(=O)c1ccc(NNCc3ccccc3S(=O)(=O)O)nc1)C(=O)[C@H](CC(=O)O)N2. The van der Waals surface area contributed by atoms with E-state index in [-0.39, 0.29) is 104 Å². The number of unbranched alkanes of at least 4 members (excludes halogenated alkanes) is 6. The first-order valence-electron chi connectivity index (χ1n) is 34.1. The lowest BCUT2D eigenvalue weighted by Gasteiger charge is -2.24. The molecule has 10 rings (SSSR count). The van der Waals surface area contributed by atoms with E-state index < -0.39 is 70.7 Å². The van der Waals surface area contributed by atoms with E-state index in [1.54, 1.807) is 71.3 Å². The molecule has 0 aliphatic carbocycles. The lowest BCUT2D eigenvalue weighted by molar-refractivity contribution is -0.141. The van der Waals surface area contributed by atoms with E-state index in [1.165, 1.54) is 41.4 Å². The van der Waals surface area contributed by atoms with Crippen molar-refractivity contribution in [2.45, 2.75) is 133 Å². The van der Waals surface area contributed by atoms with Gasteiger partial charge in [-0.3, -0.25) is 47.7 Å². The van der Waals surface area contributed by atoms with Crippen molar-refractivity contribution in [3.63, 3.8) is 0 Å². The predicted molar refractivity (Wildman–Crippen MR) is 381 cm³/mol. The van der Waals surface area contributed by atoms with Gasteiger partial charge in [-0.25, -0.2) is 20.4 Å². The van der Waals surface area contributed by atoms with Gasteiger partial charge < -0.3 is 71.8 Å². The third-order valence-electron chi connectivity index (χ3n) is 17.8. The zero-order valence-electron chi connectivity index (χ0n) is 57.1. The number of carbonyl (C=O) groups is 9. The minimum Gasteiger partial charge on any atom is -0.481 e. The lowest BCUT2D eigenvalue weighted by atomic mass is 10.1. The Hall–Kier alpha value is -11.3. The fourth-order valence-electron chi connectivity index (χ4n) is 12.4. The third kappa shape index (κ3) is 20.5. The van der Waals surface area contributed by atoms with Crippen LogP contribution < -0.4 is 37.4 Å². The number of carboxylic acids is 2. The van der Waals surface area contributed by atoms with Crippen molar-refractivity contribution >= 4 is 103 Å². The van der Waals surface area contributed by atoms with E-state index in [0.29, 0.717) is 110 Å². The minimum atomic E-state index is -4.49. The molecule has 3 aromatic heterocycles. The summed E-state index contributed by atoms with van der Waals surface area (Å²) >= 11 is 0. The molecule has 31 heteroatoms. The van der Waals surface area contributed by atoms with Crippen LogP contribution >= 0.6 is 0 Å². The summed E-state index contributed by atoms with van der Waals surface area (Å²) in [6, 6.07) is 30.7. The molecular formula is C72H84N16O14S. The van der Waals surface area contributed by atoms with Crippen molar-refractivity contribution in [2.24, 2.45) is 0 Å². The highest BCUT2D eigenvalue weighted by Crippen LogP contribution is 2.30. The number of hydrogen-bond acceptors (Lipinski definition) is 18. The Labute approximate surface area is 593 Å². The first-order chi connectivity index (χ1) is 49.5. The van der Waals surface area contributed by atoms with Crippen molar-refractivity contribution in [3.8, 4) is 0 Å². The zero-order chi connectivity index (χ0) is 73.2. The highest BCUT2D eigenvalue weighted by molar-refractivity contribution is 7.85. The maximum Gasteiger partial charge on any atom is 0.305 e. The monoisotopic (exact) mass is 1430 g/mol. The van der Waals surface area contributed by atoms with Crippen molar-refractivity contribution < 1.29 is 66.3 Å². The maximum atomic E-state index is 13.9. The number of hydrogen-bond donors (Lipinski definition) is 12. The molecule has 8 aromatic rings. The normalized spacial score (nSPS) is 14.6. The van der Waals surface area contributed by atoms with Crippen LogP contribution in [0.5, 0.6) is 0 Å². The summed E-state index contributed by atoms with van der Waals surface area (Å²) in [5, 5.41) is 34.2. The average molecular weight is 1430 g/mol. The van der Waals surface area contributed by atoms with E-state index in [0.717, 1.165) is 22.1 Å². The molecule has 0 spiro atoms. The summed E-state index contributed by atoms with van der Waals surface area (Å²) in [5.74, 6) is -3.72. The minimum absolute atomic E-state index is 0.0264. The second kappa shape index (κ2) is 34.8. The van der Waals surface area contributed by atoms with E-state index in [1.807, 2.05) is 48.5 Å². The number of carboxylic acid groups (broad SMARTS) is 2. The van der Waals surface area contributed by atoms with E-state index in [4.69, 9.17) is 0 Å². The van der Waals surface area contributed by atoms with Gasteiger partial charge in [0, 0.05) is 95.0 Å². The number of rotatable bonds is 35. The van der Waals surface area contributed by atoms with Crippen LogP contribution in [0.3, 0.4) is 0 Å². The molecule has 0 radical (unpaired) electrons. The summed E-state index contributed by atoms with van der Waals surface area (Å²) in [7, 11) is -1.15. The first kappa shape index (κ1) is 74.4. The number of carbonyl (C=O) groups excluding carboxylic acids is 7. The summed E-state index contributed by atoms with van der Waals surface area (Å²) < 4.78 is 33.4. The number of fused-ring (bicyclic) bond motifs is 4. The van der Waals surface area contributed by atoms with Crippen LogP contribution in [0.2, 0.25) is 0 Å². The number of para-hydroxylation sites is 4. The summed E-state index contributed by atoms with van der Waals surface area (Å²) in [5.41, 5.74) is 12.4. The van der Waals surface area contributed by atoms with Crippen LogP contribution in [0, 0.1) is 0 Å². The van der Waals surface area contributed by atoms with Crippen molar-refractivity contribution in [2.75, 3.05) is 56.3 Å². The van der Waals surface area contributed by atoms with Crippen LogP contribution in [0.1, 0.15) is 136 Å². The standard InChI is InChI=1S/C72H84N16O14S/c1-85(43-62-79-53-18-8-9-19-54(53)80-62)69(96)45-23-26-51-49(35-45)41-87(71(98)58(77-51)37-65(90)91)33-15-5-3-13-31-73-64(89)30-28-57(83-67(94)48-25-29-61(75-39-48)84-76-40-47-17-7-12-22-60(47)103(100,101)102)68(95)74-32-14-4-6-16-34-88-42-50-36-46(24-27-52(50)78-59(72(88)99)38-66(92)93)70(97)86(2)44-63-81-55-20-10-11-21-56(55)82-63/h7-12,17-27,29,35-36,39,57-59,76-78H,3-6,13-16,28,30-34,37-38,40-44H2,1-2H3,(H,73,89)(H,74,95)(H,75,84)(H,79,80)(H,81,82)(H,83,94)(H,90,91)(H,92,93)(H,100,101,102)/t57-,58+,59-/m0/s1. The van der Waals surface area contributed by atoms with E-state index >= 15 is 0 Å². The molecule has 7 amide bonds. The molecule has 0 unspecified atom stereocenters. The summed E-state index contributed by atoms with van der Waals surface area (Å²) in [6.07, 6.45) is 4.86. The Balaban J connectivity index is 0.698.